The predicted molar refractivity (Wildman–Crippen MR) is 96.1 cm³/mol. The van der Waals surface area contributed by atoms with Crippen LogP contribution in [0.2, 0.25) is 0 Å². The highest BCUT2D eigenvalue weighted by molar-refractivity contribution is 5.98. The molecule has 24 heavy (non-hydrogen) atoms. The average Bonchev–Trinajstić information content (AvgIpc) is 2.60. The van der Waals surface area contributed by atoms with Gasteiger partial charge in [0, 0.05) is 18.0 Å². The molecule has 0 spiro atoms. The van der Waals surface area contributed by atoms with E-state index < -0.39 is 0 Å². The van der Waals surface area contributed by atoms with Gasteiger partial charge >= 0.3 is 0 Å². The molecule has 1 atom stereocenters. The summed E-state index contributed by atoms with van der Waals surface area (Å²) in [5.41, 5.74) is 1.81. The molecule has 0 bridgehead atoms. The topological polar surface area (TPSA) is 38.8 Å². The number of ether oxygens (including phenoxy) is 2. The van der Waals surface area contributed by atoms with Crippen molar-refractivity contribution in [3.8, 4) is 11.5 Å². The fourth-order valence-electron chi connectivity index (χ4n) is 2.81. The molecule has 0 amide bonds. The fourth-order valence-corrected chi connectivity index (χ4v) is 2.81. The van der Waals surface area contributed by atoms with E-state index in [1.54, 1.807) is 14.2 Å². The van der Waals surface area contributed by atoms with E-state index in [0.717, 1.165) is 11.1 Å². The molecule has 4 nitrogen and oxygen atoms in total. The van der Waals surface area contributed by atoms with Crippen molar-refractivity contribution in [1.29, 1.82) is 0 Å². The van der Waals surface area contributed by atoms with Crippen LogP contribution in [-0.2, 0) is 6.42 Å². The number of benzene rings is 2. The van der Waals surface area contributed by atoms with E-state index in [1.807, 2.05) is 67.5 Å². The minimum atomic E-state index is -0.111. The molecule has 0 aliphatic carbocycles. The molecule has 0 N–H and O–H groups in total. The van der Waals surface area contributed by atoms with Crippen LogP contribution in [0.25, 0.3) is 0 Å². The van der Waals surface area contributed by atoms with E-state index in [0.29, 0.717) is 24.5 Å². The van der Waals surface area contributed by atoms with E-state index in [4.69, 9.17) is 9.47 Å². The maximum atomic E-state index is 12.9. The summed E-state index contributed by atoms with van der Waals surface area (Å²) in [6.45, 7) is 0.697. The van der Waals surface area contributed by atoms with Gasteiger partial charge in [0.25, 0.3) is 0 Å². The smallest absolute Gasteiger partial charge is 0.167 e. The molecule has 0 aliphatic rings. The first-order valence-electron chi connectivity index (χ1n) is 8.00. The molecule has 128 valence electrons. The van der Waals surface area contributed by atoms with Crippen molar-refractivity contribution >= 4 is 5.78 Å². The van der Waals surface area contributed by atoms with Gasteiger partial charge in [-0.1, -0.05) is 36.4 Å². The molecule has 0 radical (unpaired) electrons. The number of carbonyl (C=O) groups is 1. The lowest BCUT2D eigenvalue weighted by molar-refractivity contribution is 0.0896. The van der Waals surface area contributed by atoms with Crippen LogP contribution < -0.4 is 9.47 Å². The molecule has 0 saturated heterocycles. The predicted octanol–water partition coefficient (Wildman–Crippen LogP) is 3.31. The molecule has 0 aliphatic heterocycles. The Bertz CT molecular complexity index is 668. The van der Waals surface area contributed by atoms with E-state index in [1.165, 1.54) is 0 Å². The third kappa shape index (κ3) is 4.59. The molecule has 2 rings (SSSR count). The first-order valence-corrected chi connectivity index (χ1v) is 8.00. The summed E-state index contributed by atoms with van der Waals surface area (Å²) in [5.74, 6) is 1.44. The second-order valence-electron chi connectivity index (χ2n) is 6.08. The van der Waals surface area contributed by atoms with Gasteiger partial charge < -0.3 is 14.4 Å². The highest BCUT2D eigenvalue weighted by Crippen LogP contribution is 2.29. The highest BCUT2D eigenvalue weighted by atomic mass is 16.5. The van der Waals surface area contributed by atoms with Gasteiger partial charge in [-0.2, -0.15) is 0 Å². The van der Waals surface area contributed by atoms with Crippen LogP contribution in [0.4, 0.5) is 0 Å². The van der Waals surface area contributed by atoms with Gasteiger partial charge in [-0.05, 0) is 38.2 Å². The van der Waals surface area contributed by atoms with Gasteiger partial charge in [-0.3, -0.25) is 4.79 Å². The molecule has 2 aromatic rings. The van der Waals surface area contributed by atoms with Gasteiger partial charge in [0.2, 0.25) is 0 Å². The Balaban J connectivity index is 2.24. The molecular formula is C20H25NO3. The van der Waals surface area contributed by atoms with Crippen molar-refractivity contribution in [2.75, 3.05) is 34.9 Å². The third-order valence-corrected chi connectivity index (χ3v) is 3.94. The molecule has 4 heteroatoms. The van der Waals surface area contributed by atoms with E-state index in [-0.39, 0.29) is 11.7 Å². The van der Waals surface area contributed by atoms with Crippen molar-refractivity contribution in [2.45, 2.75) is 6.42 Å². The average molecular weight is 327 g/mol. The van der Waals surface area contributed by atoms with Gasteiger partial charge in [0.05, 0.1) is 14.2 Å². The summed E-state index contributed by atoms with van der Waals surface area (Å²) in [5, 5.41) is 0. The number of Topliss-reactive ketones (excluding diaryl/α,β-unsaturated/α-hetero) is 1. The monoisotopic (exact) mass is 327 g/mol. The fraction of sp³-hybridized carbons (Fsp3) is 0.350. The summed E-state index contributed by atoms with van der Waals surface area (Å²) in [6.07, 6.45) is 0.659. The van der Waals surface area contributed by atoms with Crippen LogP contribution >= 0.6 is 0 Å². The number of methoxy groups -OCH3 is 2. The van der Waals surface area contributed by atoms with Crippen molar-refractivity contribution in [3.05, 3.63) is 59.7 Å². The Morgan fingerprint density at radius 3 is 2.25 bits per heavy atom. The number of hydrogen-bond acceptors (Lipinski definition) is 4. The minimum absolute atomic E-state index is 0.111. The Morgan fingerprint density at radius 2 is 1.67 bits per heavy atom. The quantitative estimate of drug-likeness (QED) is 0.697. The molecule has 2 aromatic carbocycles. The van der Waals surface area contributed by atoms with Gasteiger partial charge in [0.15, 0.2) is 17.3 Å². The lowest BCUT2D eigenvalue weighted by Crippen LogP contribution is -2.29. The maximum absolute atomic E-state index is 12.9. The van der Waals surface area contributed by atoms with Crippen LogP contribution in [0.5, 0.6) is 11.5 Å². The maximum Gasteiger partial charge on any atom is 0.167 e. The zero-order chi connectivity index (χ0) is 17.5. The minimum Gasteiger partial charge on any atom is -0.493 e. The molecule has 0 aromatic heterocycles. The zero-order valence-corrected chi connectivity index (χ0v) is 14.8. The lowest BCUT2D eigenvalue weighted by atomic mass is 9.90. The Morgan fingerprint density at radius 1 is 1.00 bits per heavy atom. The SMILES string of the molecule is COc1ccc(CC(CN(C)C)C(=O)c2ccccc2)cc1OC. The first-order chi connectivity index (χ1) is 11.5. The Labute approximate surface area is 144 Å². The van der Waals surface area contributed by atoms with Crippen LogP contribution in [0.3, 0.4) is 0 Å². The molecule has 0 heterocycles. The van der Waals surface area contributed by atoms with Crippen molar-refractivity contribution in [1.82, 2.24) is 4.90 Å². The van der Waals surface area contributed by atoms with Crippen LogP contribution in [0.15, 0.2) is 48.5 Å². The highest BCUT2D eigenvalue weighted by Gasteiger charge is 2.22. The van der Waals surface area contributed by atoms with Crippen molar-refractivity contribution < 1.29 is 14.3 Å². The summed E-state index contributed by atoms with van der Waals surface area (Å²) in [4.78, 5) is 14.9. The second kappa shape index (κ2) is 8.50. The number of nitrogens with zero attached hydrogens (tertiary/aromatic N) is 1. The molecule has 0 saturated carbocycles. The number of carbonyl (C=O) groups excluding carboxylic acids is 1. The largest absolute Gasteiger partial charge is 0.493 e. The number of hydrogen-bond donors (Lipinski definition) is 0. The summed E-state index contributed by atoms with van der Waals surface area (Å²) < 4.78 is 10.6. The second-order valence-corrected chi connectivity index (χ2v) is 6.08. The van der Waals surface area contributed by atoms with Gasteiger partial charge in [-0.15, -0.1) is 0 Å². The lowest BCUT2D eigenvalue weighted by Gasteiger charge is -2.21. The first kappa shape index (κ1) is 18.0. The summed E-state index contributed by atoms with van der Waals surface area (Å²) in [6, 6.07) is 15.3. The van der Waals surface area contributed by atoms with Crippen LogP contribution in [-0.4, -0.2) is 45.5 Å². The standard InChI is InChI=1S/C20H25NO3/c1-21(2)14-17(20(22)16-8-6-5-7-9-16)12-15-10-11-18(23-3)19(13-15)24-4/h5-11,13,17H,12,14H2,1-4H3. The molecule has 1 unspecified atom stereocenters. The van der Waals surface area contributed by atoms with Crippen LogP contribution in [0, 0.1) is 5.92 Å². The van der Waals surface area contributed by atoms with Gasteiger partial charge in [0.1, 0.15) is 0 Å². The van der Waals surface area contributed by atoms with Crippen LogP contribution in [0.1, 0.15) is 15.9 Å². The van der Waals surface area contributed by atoms with E-state index in [2.05, 4.69) is 0 Å². The summed E-state index contributed by atoms with van der Waals surface area (Å²) in [7, 11) is 7.21. The van der Waals surface area contributed by atoms with Gasteiger partial charge in [-0.25, -0.2) is 0 Å². The van der Waals surface area contributed by atoms with Crippen molar-refractivity contribution in [2.24, 2.45) is 5.92 Å². The summed E-state index contributed by atoms with van der Waals surface area (Å²) >= 11 is 0. The Kier molecular flexibility index (Phi) is 6.38. The number of ketones is 1. The van der Waals surface area contributed by atoms with Crippen molar-refractivity contribution in [3.63, 3.8) is 0 Å². The zero-order valence-electron chi connectivity index (χ0n) is 14.8. The Hall–Kier alpha value is -2.33. The normalized spacial score (nSPS) is 12.0. The van der Waals surface area contributed by atoms with E-state index in [9.17, 15) is 4.79 Å². The third-order valence-electron chi connectivity index (χ3n) is 3.94. The molecule has 0 fully saturated rings. The molecular weight excluding hydrogens is 302 g/mol. The number of rotatable bonds is 8. The van der Waals surface area contributed by atoms with E-state index >= 15 is 0 Å².